The molecule has 0 atom stereocenters. The van der Waals surface area contributed by atoms with Crippen molar-refractivity contribution in [2.45, 2.75) is 26.4 Å². The Morgan fingerprint density at radius 3 is 2.58 bits per heavy atom. The SMILES string of the molecule is CCN(C/C=C/c1ccccc1OC)CC(C)(C)O. The lowest BCUT2D eigenvalue weighted by Crippen LogP contribution is -2.38. The third kappa shape index (κ3) is 5.90. The van der Waals surface area contributed by atoms with Crippen LogP contribution in [-0.2, 0) is 0 Å². The first-order valence-corrected chi connectivity index (χ1v) is 6.70. The molecule has 0 radical (unpaired) electrons. The van der Waals surface area contributed by atoms with Crippen LogP contribution in [0.25, 0.3) is 6.08 Å². The Morgan fingerprint density at radius 1 is 1.32 bits per heavy atom. The van der Waals surface area contributed by atoms with Crippen molar-refractivity contribution in [3.8, 4) is 5.75 Å². The Hall–Kier alpha value is -1.32. The number of benzene rings is 1. The predicted molar refractivity (Wildman–Crippen MR) is 80.4 cm³/mol. The van der Waals surface area contributed by atoms with Gasteiger partial charge in [-0.2, -0.15) is 0 Å². The van der Waals surface area contributed by atoms with Crippen molar-refractivity contribution in [2.75, 3.05) is 26.7 Å². The van der Waals surface area contributed by atoms with E-state index in [1.807, 2.05) is 38.1 Å². The van der Waals surface area contributed by atoms with E-state index in [0.29, 0.717) is 6.54 Å². The highest BCUT2D eigenvalue weighted by Crippen LogP contribution is 2.18. The van der Waals surface area contributed by atoms with E-state index < -0.39 is 5.60 Å². The van der Waals surface area contributed by atoms with Gasteiger partial charge in [-0.25, -0.2) is 0 Å². The van der Waals surface area contributed by atoms with Crippen LogP contribution < -0.4 is 4.74 Å². The van der Waals surface area contributed by atoms with Gasteiger partial charge in [-0.15, -0.1) is 0 Å². The van der Waals surface area contributed by atoms with Gasteiger partial charge >= 0.3 is 0 Å². The topological polar surface area (TPSA) is 32.7 Å². The van der Waals surface area contributed by atoms with Crippen molar-refractivity contribution >= 4 is 6.08 Å². The van der Waals surface area contributed by atoms with Crippen molar-refractivity contribution in [3.63, 3.8) is 0 Å². The van der Waals surface area contributed by atoms with Gasteiger partial charge in [-0.3, -0.25) is 4.90 Å². The van der Waals surface area contributed by atoms with E-state index in [-0.39, 0.29) is 0 Å². The lowest BCUT2D eigenvalue weighted by molar-refractivity contribution is 0.0417. The molecule has 0 heterocycles. The molecule has 0 aliphatic rings. The average molecular weight is 263 g/mol. The molecular formula is C16H25NO2. The summed E-state index contributed by atoms with van der Waals surface area (Å²) >= 11 is 0. The number of rotatable bonds is 7. The van der Waals surface area contributed by atoms with Gasteiger partial charge in [0.1, 0.15) is 5.75 Å². The second-order valence-corrected chi connectivity index (χ2v) is 5.28. The molecule has 0 saturated heterocycles. The van der Waals surface area contributed by atoms with Crippen LogP contribution in [0.15, 0.2) is 30.3 Å². The molecule has 0 bridgehead atoms. The summed E-state index contributed by atoms with van der Waals surface area (Å²) < 4.78 is 5.30. The van der Waals surface area contributed by atoms with E-state index in [0.717, 1.165) is 24.4 Å². The lowest BCUT2D eigenvalue weighted by atomic mass is 10.1. The molecule has 106 valence electrons. The quantitative estimate of drug-likeness (QED) is 0.821. The third-order valence-corrected chi connectivity index (χ3v) is 2.86. The third-order valence-electron chi connectivity index (χ3n) is 2.86. The molecule has 0 fully saturated rings. The fourth-order valence-corrected chi connectivity index (χ4v) is 1.99. The van der Waals surface area contributed by atoms with Gasteiger partial charge in [0.15, 0.2) is 0 Å². The monoisotopic (exact) mass is 263 g/mol. The Bertz CT molecular complexity index is 407. The van der Waals surface area contributed by atoms with Crippen LogP contribution in [0.1, 0.15) is 26.3 Å². The van der Waals surface area contributed by atoms with Crippen molar-refractivity contribution < 1.29 is 9.84 Å². The minimum absolute atomic E-state index is 0.658. The summed E-state index contributed by atoms with van der Waals surface area (Å²) in [6.07, 6.45) is 4.17. The van der Waals surface area contributed by atoms with Crippen LogP contribution in [0.2, 0.25) is 0 Å². The molecule has 0 spiro atoms. The standard InChI is InChI=1S/C16H25NO2/c1-5-17(13-16(2,3)18)12-8-10-14-9-6-7-11-15(14)19-4/h6-11,18H,5,12-13H2,1-4H3/b10-8+. The molecule has 1 N–H and O–H groups in total. The Balaban J connectivity index is 2.61. The summed E-state index contributed by atoms with van der Waals surface area (Å²) in [5.74, 6) is 0.879. The molecular weight excluding hydrogens is 238 g/mol. The molecule has 0 saturated carbocycles. The minimum atomic E-state index is -0.658. The van der Waals surface area contributed by atoms with Crippen LogP contribution in [0.3, 0.4) is 0 Å². The highest BCUT2D eigenvalue weighted by atomic mass is 16.5. The number of para-hydroxylation sites is 1. The van der Waals surface area contributed by atoms with E-state index >= 15 is 0 Å². The fraction of sp³-hybridized carbons (Fsp3) is 0.500. The second-order valence-electron chi connectivity index (χ2n) is 5.28. The number of ether oxygens (including phenoxy) is 1. The predicted octanol–water partition coefficient (Wildman–Crippen LogP) is 2.80. The second kappa shape index (κ2) is 7.31. The van der Waals surface area contributed by atoms with E-state index in [9.17, 15) is 5.11 Å². The molecule has 3 nitrogen and oxygen atoms in total. The van der Waals surface area contributed by atoms with Crippen molar-refractivity contribution in [1.29, 1.82) is 0 Å². The molecule has 0 aromatic heterocycles. The molecule has 0 unspecified atom stereocenters. The maximum atomic E-state index is 9.83. The number of methoxy groups -OCH3 is 1. The normalized spacial score (nSPS) is 12.3. The van der Waals surface area contributed by atoms with Crippen LogP contribution in [-0.4, -0.2) is 42.4 Å². The zero-order valence-electron chi connectivity index (χ0n) is 12.4. The number of hydrogen-bond donors (Lipinski definition) is 1. The van der Waals surface area contributed by atoms with Crippen molar-refractivity contribution in [3.05, 3.63) is 35.9 Å². The van der Waals surface area contributed by atoms with Gasteiger partial charge in [0.25, 0.3) is 0 Å². The Morgan fingerprint density at radius 2 is 2.00 bits per heavy atom. The molecule has 1 aromatic rings. The maximum absolute atomic E-state index is 9.83. The van der Waals surface area contributed by atoms with E-state index in [1.54, 1.807) is 7.11 Å². The summed E-state index contributed by atoms with van der Waals surface area (Å²) in [6, 6.07) is 7.94. The van der Waals surface area contributed by atoms with Gasteiger partial charge < -0.3 is 9.84 Å². The molecule has 0 aliphatic heterocycles. The van der Waals surface area contributed by atoms with Crippen molar-refractivity contribution in [1.82, 2.24) is 4.90 Å². The molecule has 0 amide bonds. The molecule has 0 aliphatic carbocycles. The van der Waals surface area contributed by atoms with Crippen LogP contribution in [0.4, 0.5) is 0 Å². The zero-order valence-corrected chi connectivity index (χ0v) is 12.4. The first-order chi connectivity index (χ1) is 8.96. The highest BCUT2D eigenvalue weighted by molar-refractivity contribution is 5.57. The zero-order chi connectivity index (χ0) is 14.3. The number of likely N-dealkylation sites (N-methyl/N-ethyl adjacent to an activating group) is 1. The van der Waals surface area contributed by atoms with Crippen molar-refractivity contribution in [2.24, 2.45) is 0 Å². The van der Waals surface area contributed by atoms with E-state index in [1.165, 1.54) is 0 Å². The molecule has 3 heteroatoms. The van der Waals surface area contributed by atoms with E-state index in [2.05, 4.69) is 24.0 Å². The highest BCUT2D eigenvalue weighted by Gasteiger charge is 2.15. The van der Waals surface area contributed by atoms with Gasteiger partial charge in [0.2, 0.25) is 0 Å². The number of aliphatic hydroxyl groups is 1. The fourth-order valence-electron chi connectivity index (χ4n) is 1.99. The van der Waals surface area contributed by atoms with Gasteiger partial charge in [-0.1, -0.05) is 37.3 Å². The van der Waals surface area contributed by atoms with Crippen LogP contribution in [0.5, 0.6) is 5.75 Å². The minimum Gasteiger partial charge on any atom is -0.496 e. The van der Waals surface area contributed by atoms with Gasteiger partial charge in [0, 0.05) is 18.7 Å². The molecule has 19 heavy (non-hydrogen) atoms. The summed E-state index contributed by atoms with van der Waals surface area (Å²) in [7, 11) is 1.68. The number of nitrogens with zero attached hydrogens (tertiary/aromatic N) is 1. The largest absolute Gasteiger partial charge is 0.496 e. The first kappa shape index (κ1) is 15.7. The summed E-state index contributed by atoms with van der Waals surface area (Å²) in [6.45, 7) is 8.17. The van der Waals surface area contributed by atoms with Gasteiger partial charge in [-0.05, 0) is 26.5 Å². The summed E-state index contributed by atoms with van der Waals surface area (Å²) in [5.41, 5.74) is 0.415. The Kier molecular flexibility index (Phi) is 6.06. The maximum Gasteiger partial charge on any atom is 0.126 e. The molecule has 1 rings (SSSR count). The molecule has 1 aromatic carbocycles. The number of hydrogen-bond acceptors (Lipinski definition) is 3. The summed E-state index contributed by atoms with van der Waals surface area (Å²) in [4.78, 5) is 2.20. The van der Waals surface area contributed by atoms with Crippen LogP contribution >= 0.6 is 0 Å². The lowest BCUT2D eigenvalue weighted by Gasteiger charge is -2.26. The smallest absolute Gasteiger partial charge is 0.126 e. The Labute approximate surface area is 116 Å². The van der Waals surface area contributed by atoms with E-state index in [4.69, 9.17) is 4.74 Å². The van der Waals surface area contributed by atoms with Gasteiger partial charge in [0.05, 0.1) is 12.7 Å². The average Bonchev–Trinajstić information content (AvgIpc) is 2.36. The first-order valence-electron chi connectivity index (χ1n) is 6.70. The van der Waals surface area contributed by atoms with Crippen LogP contribution in [0, 0.1) is 0 Å². The summed E-state index contributed by atoms with van der Waals surface area (Å²) in [5, 5.41) is 9.83.